The van der Waals surface area contributed by atoms with Crippen molar-refractivity contribution in [3.8, 4) is 11.4 Å². The summed E-state index contributed by atoms with van der Waals surface area (Å²) in [5.74, 6) is -1.64. The highest BCUT2D eigenvalue weighted by Gasteiger charge is 2.22. The minimum absolute atomic E-state index is 0.00861. The zero-order chi connectivity index (χ0) is 27.4. The van der Waals surface area contributed by atoms with Gasteiger partial charge in [0.05, 0.1) is 30.3 Å². The van der Waals surface area contributed by atoms with E-state index >= 15 is 4.39 Å². The highest BCUT2D eigenvalue weighted by Crippen LogP contribution is 2.26. The molecule has 3 heterocycles. The van der Waals surface area contributed by atoms with E-state index in [1.165, 1.54) is 35.1 Å². The van der Waals surface area contributed by atoms with Crippen LogP contribution in [0, 0.1) is 5.82 Å². The molecule has 0 fully saturated rings. The number of nitrogens with zero attached hydrogens (tertiary/aromatic N) is 3. The Kier molecular flexibility index (Phi) is 7.72. The van der Waals surface area contributed by atoms with Crippen LogP contribution in [0.4, 0.5) is 14.9 Å². The summed E-state index contributed by atoms with van der Waals surface area (Å²) in [5, 5.41) is 11.4. The molecule has 4 aromatic rings. The number of amides is 2. The molecule has 0 aliphatic carbocycles. The summed E-state index contributed by atoms with van der Waals surface area (Å²) in [7, 11) is 1.29. The van der Waals surface area contributed by atoms with Gasteiger partial charge in [0, 0.05) is 23.2 Å². The van der Waals surface area contributed by atoms with Crippen LogP contribution in [-0.4, -0.2) is 45.3 Å². The number of hydrogen-bond donors (Lipinski definition) is 2. The summed E-state index contributed by atoms with van der Waals surface area (Å²) in [6, 6.07) is 9.66. The molecule has 10 nitrogen and oxygen atoms in total. The summed E-state index contributed by atoms with van der Waals surface area (Å²) < 4.78 is 26.9. The average molecular weight is 540 g/mol. The molecule has 0 unspecified atom stereocenters. The van der Waals surface area contributed by atoms with Gasteiger partial charge in [0.25, 0.3) is 5.91 Å². The molecular weight excluding hydrogens is 513 g/mol. The van der Waals surface area contributed by atoms with E-state index in [9.17, 15) is 14.4 Å². The Morgan fingerprint density at radius 2 is 1.92 bits per heavy atom. The maximum Gasteiger partial charge on any atom is 0.407 e. The fourth-order valence-corrected chi connectivity index (χ4v) is 4.38. The van der Waals surface area contributed by atoms with Crippen LogP contribution in [0.15, 0.2) is 48.0 Å². The Labute approximate surface area is 221 Å². The van der Waals surface area contributed by atoms with Crippen LogP contribution in [0.2, 0.25) is 0 Å². The van der Waals surface area contributed by atoms with Crippen molar-refractivity contribution in [2.24, 2.45) is 0 Å². The van der Waals surface area contributed by atoms with Crippen molar-refractivity contribution < 1.29 is 28.2 Å². The first kappa shape index (κ1) is 26.7. The molecule has 12 heteroatoms. The van der Waals surface area contributed by atoms with Crippen molar-refractivity contribution in [3.05, 3.63) is 69.9 Å². The summed E-state index contributed by atoms with van der Waals surface area (Å²) >= 11 is 1.31. The zero-order valence-electron chi connectivity index (χ0n) is 21.2. The number of anilines is 1. The number of carbonyl (C=O) groups excluding carboxylic acids is 3. The highest BCUT2D eigenvalue weighted by atomic mass is 32.1. The molecule has 0 radical (unpaired) electrons. The topological polar surface area (TPSA) is 124 Å². The van der Waals surface area contributed by atoms with Crippen LogP contribution in [0.5, 0.6) is 0 Å². The first-order valence-corrected chi connectivity index (χ1v) is 12.5. The molecule has 38 heavy (non-hydrogen) atoms. The van der Waals surface area contributed by atoms with E-state index in [0.717, 1.165) is 0 Å². The quantitative estimate of drug-likeness (QED) is 0.329. The molecule has 0 aliphatic rings. The van der Waals surface area contributed by atoms with Crippen LogP contribution in [0.25, 0.3) is 16.9 Å². The van der Waals surface area contributed by atoms with E-state index in [-0.39, 0.29) is 35.6 Å². The number of fused-ring (bicyclic) bond motifs is 1. The summed E-state index contributed by atoms with van der Waals surface area (Å²) in [6.45, 7) is 5.08. The van der Waals surface area contributed by atoms with E-state index in [1.54, 1.807) is 56.6 Å². The summed E-state index contributed by atoms with van der Waals surface area (Å²) in [6.07, 6.45) is 0.955. The molecule has 3 aromatic heterocycles. The van der Waals surface area contributed by atoms with Gasteiger partial charge in [-0.15, -0.1) is 16.4 Å². The molecule has 1 aromatic carbocycles. The van der Waals surface area contributed by atoms with Gasteiger partial charge in [-0.3, -0.25) is 9.59 Å². The van der Waals surface area contributed by atoms with Gasteiger partial charge >= 0.3 is 12.1 Å². The first-order valence-electron chi connectivity index (χ1n) is 11.6. The second-order valence-corrected chi connectivity index (χ2v) is 10.2. The summed E-state index contributed by atoms with van der Waals surface area (Å²) in [4.78, 5) is 42.0. The van der Waals surface area contributed by atoms with E-state index < -0.39 is 29.4 Å². The van der Waals surface area contributed by atoms with Crippen LogP contribution in [0.3, 0.4) is 0 Å². The zero-order valence-corrected chi connectivity index (χ0v) is 22.0. The van der Waals surface area contributed by atoms with Gasteiger partial charge in [-0.05, 0) is 50.4 Å². The number of esters is 1. The fourth-order valence-electron chi connectivity index (χ4n) is 3.56. The third kappa shape index (κ3) is 6.14. The lowest BCUT2D eigenvalue weighted by Crippen LogP contribution is -2.32. The number of rotatable bonds is 7. The van der Waals surface area contributed by atoms with Gasteiger partial charge in [-0.1, -0.05) is 12.1 Å². The number of thiophene rings is 1. The minimum Gasteiger partial charge on any atom is -0.469 e. The largest absolute Gasteiger partial charge is 0.469 e. The predicted molar refractivity (Wildman–Crippen MR) is 139 cm³/mol. The molecular formula is C26H26FN5O5S. The lowest BCUT2D eigenvalue weighted by Gasteiger charge is -2.19. The van der Waals surface area contributed by atoms with Crippen molar-refractivity contribution in [2.75, 3.05) is 12.4 Å². The Morgan fingerprint density at radius 1 is 1.13 bits per heavy atom. The van der Waals surface area contributed by atoms with Crippen LogP contribution >= 0.6 is 11.3 Å². The fraction of sp³-hybridized carbons (Fsp3) is 0.269. The van der Waals surface area contributed by atoms with Gasteiger partial charge in [-0.2, -0.15) is 0 Å². The third-order valence-electron chi connectivity index (χ3n) is 5.27. The van der Waals surface area contributed by atoms with Crippen molar-refractivity contribution >= 4 is 40.5 Å². The number of ether oxygens (including phenoxy) is 2. The SMILES string of the molecule is COC(=O)Cc1sccc1NC(=O)c1nc(-c2cccc(CNC(=O)OC(C)(C)C)c2F)nn2cccc12. The second-order valence-electron chi connectivity index (χ2n) is 9.22. The smallest absolute Gasteiger partial charge is 0.407 e. The monoisotopic (exact) mass is 539 g/mol. The standard InChI is InChI=1S/C26H26FN5O5S/c1-26(2,3)37-25(35)28-14-15-7-5-8-16(21(15)27)23-30-22(18-9-6-11-32(18)31-23)24(34)29-17-10-12-38-19(17)13-20(33)36-4/h5-12H,13-14H2,1-4H3,(H,28,35)(H,29,34). The molecule has 0 bridgehead atoms. The predicted octanol–water partition coefficient (Wildman–Crippen LogP) is 4.59. The second kappa shape index (κ2) is 11.0. The minimum atomic E-state index is -0.690. The van der Waals surface area contributed by atoms with Gasteiger partial charge in [0.15, 0.2) is 11.5 Å². The molecule has 0 saturated carbocycles. The maximum absolute atomic E-state index is 15.5. The molecule has 2 N–H and O–H groups in total. The number of alkyl carbamates (subject to hydrolysis) is 1. The Bertz CT molecular complexity index is 1510. The first-order chi connectivity index (χ1) is 18.1. The molecule has 0 spiro atoms. The lowest BCUT2D eigenvalue weighted by molar-refractivity contribution is -0.139. The highest BCUT2D eigenvalue weighted by molar-refractivity contribution is 7.10. The van der Waals surface area contributed by atoms with Crippen molar-refractivity contribution in [2.45, 2.75) is 39.3 Å². The van der Waals surface area contributed by atoms with Crippen molar-refractivity contribution in [3.63, 3.8) is 0 Å². The van der Waals surface area contributed by atoms with Crippen LogP contribution in [-0.2, 0) is 27.2 Å². The number of nitrogens with one attached hydrogen (secondary N) is 2. The molecule has 198 valence electrons. The Hall–Kier alpha value is -4.32. The number of halogens is 1. The Morgan fingerprint density at radius 3 is 2.66 bits per heavy atom. The molecule has 0 atom stereocenters. The van der Waals surface area contributed by atoms with Crippen LogP contribution in [0.1, 0.15) is 41.7 Å². The maximum atomic E-state index is 15.5. The van der Waals surface area contributed by atoms with Crippen molar-refractivity contribution in [1.29, 1.82) is 0 Å². The van der Waals surface area contributed by atoms with E-state index in [2.05, 4.69) is 20.7 Å². The van der Waals surface area contributed by atoms with Crippen molar-refractivity contribution in [1.82, 2.24) is 19.9 Å². The summed E-state index contributed by atoms with van der Waals surface area (Å²) in [5.41, 5.74) is 0.453. The van der Waals surface area contributed by atoms with Crippen LogP contribution < -0.4 is 10.6 Å². The van der Waals surface area contributed by atoms with E-state index in [4.69, 9.17) is 9.47 Å². The van der Waals surface area contributed by atoms with Gasteiger partial charge < -0.3 is 20.1 Å². The molecule has 0 aliphatic heterocycles. The number of methoxy groups -OCH3 is 1. The Balaban J connectivity index is 1.63. The molecule has 2 amide bonds. The normalized spacial score (nSPS) is 11.3. The van der Waals surface area contributed by atoms with Gasteiger partial charge in [0.2, 0.25) is 0 Å². The number of aromatic nitrogens is 3. The number of carbonyl (C=O) groups is 3. The average Bonchev–Trinajstić information content (AvgIpc) is 3.51. The molecule has 0 saturated heterocycles. The lowest BCUT2D eigenvalue weighted by atomic mass is 10.1. The third-order valence-corrected chi connectivity index (χ3v) is 6.19. The van der Waals surface area contributed by atoms with E-state index in [1.807, 2.05) is 0 Å². The molecule has 4 rings (SSSR count). The van der Waals surface area contributed by atoms with Gasteiger partial charge in [-0.25, -0.2) is 18.7 Å². The van der Waals surface area contributed by atoms with E-state index in [0.29, 0.717) is 16.1 Å². The number of benzene rings is 1. The number of hydrogen-bond acceptors (Lipinski definition) is 8. The van der Waals surface area contributed by atoms with Gasteiger partial charge in [0.1, 0.15) is 11.4 Å².